The first-order chi connectivity index (χ1) is 15.3. The fraction of sp³-hybridized carbons (Fsp3) is 0.500. The molecule has 0 radical (unpaired) electrons. The summed E-state index contributed by atoms with van der Waals surface area (Å²) in [7, 11) is 0. The third-order valence-electron chi connectivity index (χ3n) is 6.70. The first-order valence-electron chi connectivity index (χ1n) is 11.4. The molecule has 2 aromatic heterocycles. The number of aromatic amines is 1. The van der Waals surface area contributed by atoms with Gasteiger partial charge in [-0.15, -0.1) is 0 Å². The lowest BCUT2D eigenvalue weighted by molar-refractivity contribution is 0.121. The molecule has 0 unspecified atom stereocenters. The van der Waals surface area contributed by atoms with E-state index in [0.29, 0.717) is 12.5 Å². The van der Waals surface area contributed by atoms with Crippen LogP contribution in [0.25, 0.3) is 5.69 Å². The second-order valence-corrected chi connectivity index (χ2v) is 10.1. The van der Waals surface area contributed by atoms with Crippen LogP contribution in [0.4, 0.5) is 4.79 Å². The van der Waals surface area contributed by atoms with E-state index in [1.54, 1.807) is 0 Å². The van der Waals surface area contributed by atoms with Gasteiger partial charge in [0.2, 0.25) is 0 Å². The average molecular weight is 434 g/mol. The molecule has 1 aromatic carbocycles. The Kier molecular flexibility index (Phi) is 5.03. The van der Waals surface area contributed by atoms with Gasteiger partial charge in [0.25, 0.3) is 0 Å². The number of carbonyl (C=O) groups is 1. The molecule has 1 atom stereocenters. The number of nitrogens with one attached hydrogen (secondary N) is 1. The monoisotopic (exact) mass is 433 g/mol. The smallest absolute Gasteiger partial charge is 0.320 e. The van der Waals surface area contributed by atoms with Crippen LogP contribution in [0.15, 0.2) is 36.7 Å². The largest absolute Gasteiger partial charge is 0.324 e. The van der Waals surface area contributed by atoms with Crippen molar-refractivity contribution in [1.29, 1.82) is 0 Å². The molecule has 4 heterocycles. The molecule has 8 heteroatoms. The van der Waals surface area contributed by atoms with Crippen LogP contribution in [-0.4, -0.2) is 67.0 Å². The summed E-state index contributed by atoms with van der Waals surface area (Å²) in [4.78, 5) is 21.0. The van der Waals surface area contributed by atoms with Crippen LogP contribution in [0, 0.1) is 6.92 Å². The maximum absolute atomic E-state index is 12.9. The van der Waals surface area contributed by atoms with Gasteiger partial charge in [0, 0.05) is 49.1 Å². The molecule has 32 heavy (non-hydrogen) atoms. The molecule has 2 amide bonds. The number of nitrogens with zero attached hydrogens (tertiary/aromatic N) is 6. The molecule has 2 saturated heterocycles. The van der Waals surface area contributed by atoms with Gasteiger partial charge in [0.1, 0.15) is 12.2 Å². The third-order valence-corrected chi connectivity index (χ3v) is 6.70. The molecule has 2 fully saturated rings. The molecular weight excluding hydrogens is 402 g/mol. The highest BCUT2D eigenvalue weighted by atomic mass is 16.2. The van der Waals surface area contributed by atoms with Gasteiger partial charge in [0.15, 0.2) is 0 Å². The zero-order valence-electron chi connectivity index (χ0n) is 19.2. The van der Waals surface area contributed by atoms with Crippen LogP contribution in [-0.2, 0) is 5.41 Å². The van der Waals surface area contributed by atoms with Crippen LogP contribution in [0.3, 0.4) is 0 Å². The van der Waals surface area contributed by atoms with E-state index in [0.717, 1.165) is 49.0 Å². The number of hydrogen-bond acceptors (Lipinski definition) is 4. The van der Waals surface area contributed by atoms with Crippen molar-refractivity contribution in [3.8, 4) is 5.69 Å². The second-order valence-electron chi connectivity index (χ2n) is 10.1. The maximum Gasteiger partial charge on any atom is 0.320 e. The first kappa shape index (κ1) is 20.7. The van der Waals surface area contributed by atoms with E-state index >= 15 is 0 Å². The lowest BCUT2D eigenvalue weighted by Gasteiger charge is -2.41. The predicted octanol–water partition coefficient (Wildman–Crippen LogP) is 3.61. The summed E-state index contributed by atoms with van der Waals surface area (Å²) in [6.45, 7) is 11.7. The minimum Gasteiger partial charge on any atom is -0.324 e. The van der Waals surface area contributed by atoms with Crippen molar-refractivity contribution < 1.29 is 4.79 Å². The Hall–Kier alpha value is -3.16. The number of benzene rings is 1. The molecule has 1 N–H and O–H groups in total. The quantitative estimate of drug-likeness (QED) is 0.684. The number of hydrogen-bond donors (Lipinski definition) is 1. The van der Waals surface area contributed by atoms with E-state index in [1.807, 2.05) is 14.5 Å². The number of carbonyl (C=O) groups excluding carboxylic acids is 1. The van der Waals surface area contributed by atoms with Gasteiger partial charge < -0.3 is 9.80 Å². The summed E-state index contributed by atoms with van der Waals surface area (Å²) in [6, 6.07) is 10.9. The first-order valence-corrected chi connectivity index (χ1v) is 11.4. The zero-order valence-corrected chi connectivity index (χ0v) is 19.2. The highest BCUT2D eigenvalue weighted by molar-refractivity contribution is 5.76. The molecule has 0 aliphatic carbocycles. The van der Waals surface area contributed by atoms with Gasteiger partial charge in [-0.3, -0.25) is 5.10 Å². The molecule has 168 valence electrons. The number of amides is 2. The van der Waals surface area contributed by atoms with Crippen molar-refractivity contribution in [2.24, 2.45) is 0 Å². The number of urea groups is 1. The number of aryl methyl sites for hydroxylation is 1. The Morgan fingerprint density at radius 2 is 1.78 bits per heavy atom. The van der Waals surface area contributed by atoms with E-state index in [-0.39, 0.29) is 17.4 Å². The van der Waals surface area contributed by atoms with Crippen LogP contribution in [0.5, 0.6) is 0 Å². The van der Waals surface area contributed by atoms with Crippen LogP contribution in [0.2, 0.25) is 0 Å². The van der Waals surface area contributed by atoms with Gasteiger partial charge in [0.05, 0.1) is 11.4 Å². The maximum atomic E-state index is 12.9. The second kappa shape index (κ2) is 7.76. The summed E-state index contributed by atoms with van der Waals surface area (Å²) in [6.07, 6.45) is 2.46. The number of likely N-dealkylation sites (tertiary alicyclic amines) is 2. The van der Waals surface area contributed by atoms with Crippen molar-refractivity contribution in [2.45, 2.75) is 51.4 Å². The highest BCUT2D eigenvalue weighted by Crippen LogP contribution is 2.31. The van der Waals surface area contributed by atoms with E-state index < -0.39 is 0 Å². The summed E-state index contributed by atoms with van der Waals surface area (Å²) < 4.78 is 2.01. The van der Waals surface area contributed by atoms with Crippen molar-refractivity contribution in [1.82, 2.24) is 34.8 Å². The minimum absolute atomic E-state index is 0.0298. The third kappa shape index (κ3) is 3.78. The van der Waals surface area contributed by atoms with Gasteiger partial charge in [-0.25, -0.2) is 14.5 Å². The molecule has 0 saturated carbocycles. The Morgan fingerprint density at radius 3 is 2.41 bits per heavy atom. The van der Waals surface area contributed by atoms with E-state index in [1.165, 1.54) is 11.9 Å². The fourth-order valence-corrected chi connectivity index (χ4v) is 4.60. The Morgan fingerprint density at radius 1 is 1.06 bits per heavy atom. The predicted molar refractivity (Wildman–Crippen MR) is 122 cm³/mol. The molecular formula is C24H31N7O. The Labute approximate surface area is 188 Å². The van der Waals surface area contributed by atoms with Crippen molar-refractivity contribution in [2.75, 3.05) is 26.2 Å². The zero-order chi connectivity index (χ0) is 22.5. The molecule has 3 aromatic rings. The van der Waals surface area contributed by atoms with Gasteiger partial charge in [-0.1, -0.05) is 32.9 Å². The molecule has 8 nitrogen and oxygen atoms in total. The molecule has 5 rings (SSSR count). The number of aromatic nitrogens is 5. The van der Waals surface area contributed by atoms with Gasteiger partial charge in [-0.05, 0) is 37.1 Å². The van der Waals surface area contributed by atoms with Crippen LogP contribution < -0.4 is 0 Å². The number of H-pyrrole nitrogens is 1. The fourth-order valence-electron chi connectivity index (χ4n) is 4.60. The van der Waals surface area contributed by atoms with E-state index in [2.05, 4.69) is 73.2 Å². The lowest BCUT2D eigenvalue weighted by atomic mass is 9.91. The number of rotatable bonds is 3. The van der Waals surface area contributed by atoms with E-state index in [9.17, 15) is 4.79 Å². The van der Waals surface area contributed by atoms with Crippen LogP contribution >= 0.6 is 0 Å². The topological polar surface area (TPSA) is 82.9 Å². The minimum atomic E-state index is 0.0298. The lowest BCUT2D eigenvalue weighted by Crippen LogP contribution is -2.53. The van der Waals surface area contributed by atoms with Crippen LogP contribution in [0.1, 0.15) is 61.8 Å². The SMILES string of the molecule is Cc1cc(C(C)(C)C)nn1-c1ccc(C2CN(C(=O)N3CC[C@H](c4ncn[nH]4)C3)C2)cc1. The van der Waals surface area contributed by atoms with Crippen molar-refractivity contribution >= 4 is 6.03 Å². The summed E-state index contributed by atoms with van der Waals surface area (Å²) in [5, 5.41) is 11.7. The molecule has 0 spiro atoms. The highest BCUT2D eigenvalue weighted by Gasteiger charge is 2.37. The van der Waals surface area contributed by atoms with Gasteiger partial charge >= 0.3 is 6.03 Å². The Bertz CT molecular complexity index is 1090. The Balaban J connectivity index is 1.19. The summed E-state index contributed by atoms with van der Waals surface area (Å²) >= 11 is 0. The molecule has 2 aliphatic heterocycles. The van der Waals surface area contributed by atoms with E-state index in [4.69, 9.17) is 5.10 Å². The normalized spacial score (nSPS) is 19.4. The molecule has 2 aliphatic rings. The summed E-state index contributed by atoms with van der Waals surface area (Å²) in [5.74, 6) is 1.53. The van der Waals surface area contributed by atoms with Gasteiger partial charge in [-0.2, -0.15) is 10.2 Å². The van der Waals surface area contributed by atoms with Crippen molar-refractivity contribution in [3.63, 3.8) is 0 Å². The standard InChI is InChI=1S/C24H31N7O/c1-16-11-21(24(2,3)4)28-31(16)20-7-5-17(6-8-20)19-13-30(14-19)23(32)29-10-9-18(12-29)22-25-15-26-27-22/h5-8,11,15,18-19H,9-10,12-14H2,1-4H3,(H,25,26,27)/t18-/m0/s1. The summed E-state index contributed by atoms with van der Waals surface area (Å²) in [5.41, 5.74) is 4.61. The average Bonchev–Trinajstić information content (AvgIpc) is 3.47. The molecule has 0 bridgehead atoms. The van der Waals surface area contributed by atoms with Crippen molar-refractivity contribution in [3.05, 3.63) is 59.4 Å².